The van der Waals surface area contributed by atoms with Crippen molar-refractivity contribution in [2.75, 3.05) is 5.32 Å². The fraction of sp³-hybridized carbons (Fsp3) is 0.367. The second-order valence-corrected chi connectivity index (χ2v) is 12.3. The fourth-order valence-electron chi connectivity index (χ4n) is 5.84. The third-order valence-electron chi connectivity index (χ3n) is 8.28. The highest BCUT2D eigenvalue weighted by Crippen LogP contribution is 2.59. The maximum Gasteiger partial charge on any atom is 0.248 e. The van der Waals surface area contributed by atoms with Gasteiger partial charge < -0.3 is 15.3 Å². The van der Waals surface area contributed by atoms with Crippen molar-refractivity contribution in [2.45, 2.75) is 65.3 Å². The van der Waals surface area contributed by atoms with E-state index >= 15 is 0 Å². The Morgan fingerprint density at radius 2 is 1.88 bits per heavy atom. The van der Waals surface area contributed by atoms with Crippen molar-refractivity contribution >= 4 is 50.2 Å². The van der Waals surface area contributed by atoms with Crippen LogP contribution in [0.15, 0.2) is 47.3 Å². The summed E-state index contributed by atoms with van der Waals surface area (Å²) in [4.78, 5) is 54.3. The lowest BCUT2D eigenvalue weighted by Gasteiger charge is -2.27. The minimum absolute atomic E-state index is 0.0253. The number of amides is 2. The van der Waals surface area contributed by atoms with Gasteiger partial charge in [0.1, 0.15) is 34.8 Å². The Kier molecular flexibility index (Phi) is 6.93. The number of benzene rings is 1. The van der Waals surface area contributed by atoms with Crippen molar-refractivity contribution in [1.82, 2.24) is 29.6 Å². The van der Waals surface area contributed by atoms with Crippen LogP contribution in [0.25, 0.3) is 22.0 Å². The Balaban J connectivity index is 1.28. The van der Waals surface area contributed by atoms with Crippen molar-refractivity contribution in [3.63, 3.8) is 0 Å². The quantitative estimate of drug-likeness (QED) is 0.228. The lowest BCUT2D eigenvalue weighted by Crippen LogP contribution is -2.47. The van der Waals surface area contributed by atoms with Crippen LogP contribution in [0.4, 0.5) is 5.82 Å². The van der Waals surface area contributed by atoms with Gasteiger partial charge in [-0.1, -0.05) is 19.1 Å². The minimum atomic E-state index is -0.780. The van der Waals surface area contributed by atoms with Gasteiger partial charge in [0, 0.05) is 36.3 Å². The number of ketones is 1. The Morgan fingerprint density at radius 1 is 1.14 bits per heavy atom. The van der Waals surface area contributed by atoms with Crippen LogP contribution in [0.3, 0.4) is 0 Å². The van der Waals surface area contributed by atoms with E-state index in [1.807, 2.05) is 31.2 Å². The highest BCUT2D eigenvalue weighted by molar-refractivity contribution is 9.10. The number of aliphatic hydroxyl groups excluding tert-OH is 1. The summed E-state index contributed by atoms with van der Waals surface area (Å²) < 4.78 is 2.15. The molecule has 42 heavy (non-hydrogen) atoms. The molecule has 1 saturated heterocycles. The maximum absolute atomic E-state index is 13.8. The van der Waals surface area contributed by atoms with Crippen LogP contribution in [-0.4, -0.2) is 64.4 Å². The van der Waals surface area contributed by atoms with Gasteiger partial charge in [-0.2, -0.15) is 5.10 Å². The number of aliphatic hydroxyl groups is 1. The number of nitrogens with zero attached hydrogens (tertiary/aromatic N) is 6. The molecular weight excluding hydrogens is 602 g/mol. The number of fused-ring (bicyclic) bond motifs is 2. The summed E-state index contributed by atoms with van der Waals surface area (Å²) in [6.07, 6.45) is 3.87. The van der Waals surface area contributed by atoms with Gasteiger partial charge in [0.15, 0.2) is 11.6 Å². The number of Topliss-reactive ketones (excluding diaryl/α,β-unsaturated/α-hetero) is 1. The number of rotatable bonds is 7. The molecule has 1 aliphatic carbocycles. The predicted octanol–water partition coefficient (Wildman–Crippen LogP) is 4.23. The van der Waals surface area contributed by atoms with Crippen LogP contribution in [0, 0.1) is 12.3 Å². The van der Waals surface area contributed by atoms with Gasteiger partial charge in [0.2, 0.25) is 11.8 Å². The average molecular weight is 633 g/mol. The molecule has 0 bridgehead atoms. The zero-order valence-electron chi connectivity index (χ0n) is 23.6. The van der Waals surface area contributed by atoms with Crippen molar-refractivity contribution in [2.24, 2.45) is 5.41 Å². The van der Waals surface area contributed by atoms with Gasteiger partial charge in [-0.3, -0.25) is 19.1 Å². The molecule has 2 amide bonds. The normalized spacial score (nSPS) is 21.7. The van der Waals surface area contributed by atoms with Crippen LogP contribution >= 0.6 is 15.9 Å². The third-order valence-corrected chi connectivity index (χ3v) is 8.72. The van der Waals surface area contributed by atoms with Crippen LogP contribution in [0.2, 0.25) is 0 Å². The van der Waals surface area contributed by atoms with E-state index in [1.165, 1.54) is 11.6 Å². The van der Waals surface area contributed by atoms with E-state index in [9.17, 15) is 19.5 Å². The summed E-state index contributed by atoms with van der Waals surface area (Å²) >= 11 is 3.35. The van der Waals surface area contributed by atoms with Crippen LogP contribution < -0.4 is 5.32 Å². The minimum Gasteiger partial charge on any atom is -0.385 e. The van der Waals surface area contributed by atoms with E-state index in [1.54, 1.807) is 30.3 Å². The van der Waals surface area contributed by atoms with Gasteiger partial charge in [0.25, 0.3) is 0 Å². The number of nitrogens with one attached hydrogen (secondary N) is 1. The van der Waals surface area contributed by atoms with Gasteiger partial charge in [-0.25, -0.2) is 15.0 Å². The number of carbonyl (C=O) groups is 3. The predicted molar refractivity (Wildman–Crippen MR) is 158 cm³/mol. The molecule has 1 saturated carbocycles. The summed E-state index contributed by atoms with van der Waals surface area (Å²) in [5.74, 6) is 0.0477. The molecular formula is C30H30BrN7O4. The Morgan fingerprint density at radius 3 is 2.57 bits per heavy atom. The van der Waals surface area contributed by atoms with E-state index in [0.29, 0.717) is 39.1 Å². The monoisotopic (exact) mass is 631 g/mol. The molecule has 0 spiro atoms. The largest absolute Gasteiger partial charge is 0.385 e. The molecule has 1 aliphatic heterocycles. The number of likely N-dealkylation sites (tertiary alicyclic amines) is 1. The summed E-state index contributed by atoms with van der Waals surface area (Å²) in [6, 6.07) is 8.51. The highest BCUT2D eigenvalue weighted by atomic mass is 79.9. The van der Waals surface area contributed by atoms with Gasteiger partial charge >= 0.3 is 0 Å². The molecule has 12 heteroatoms. The average Bonchev–Trinajstić information content (AvgIpc) is 3.32. The number of carbonyl (C=O) groups excluding carboxylic acids is 3. The van der Waals surface area contributed by atoms with E-state index in [2.05, 4.69) is 48.2 Å². The first-order valence-electron chi connectivity index (χ1n) is 13.7. The summed E-state index contributed by atoms with van der Waals surface area (Å²) in [7, 11) is 0. The number of anilines is 1. The van der Waals surface area contributed by atoms with Gasteiger partial charge in [0.05, 0.1) is 5.52 Å². The lowest BCUT2D eigenvalue weighted by molar-refractivity contribution is -0.138. The molecule has 2 N–H and O–H groups in total. The molecule has 1 unspecified atom stereocenters. The highest BCUT2D eigenvalue weighted by Gasteiger charge is 2.64. The standard InChI is InChI=1S/C30H30BrN7O4/c1-15-5-8-24(31)34-27(15)35-29(42)22-10-30(4)11-23(30)38(22)25(41)14-37-21-7-6-18(9-20(21)26(36-37)16(2)39)19-12-32-28(17(3)40)33-13-19/h5-9,12-13,17,22-23,40H,10-11,14H2,1-4H3,(H,34,35,42)/t17?,22-,23+,30-/m0/s1. The molecule has 2 aliphatic rings. The Bertz CT molecular complexity index is 1750. The first-order chi connectivity index (χ1) is 19.9. The molecule has 0 radical (unpaired) electrons. The second kappa shape index (κ2) is 10.4. The van der Waals surface area contributed by atoms with Crippen LogP contribution in [-0.2, 0) is 16.1 Å². The van der Waals surface area contributed by atoms with E-state index in [-0.39, 0.29) is 41.3 Å². The molecule has 216 valence electrons. The number of aromatic nitrogens is 5. The first kappa shape index (κ1) is 28.1. The topological polar surface area (TPSA) is 143 Å². The number of hydrogen-bond donors (Lipinski definition) is 2. The molecule has 2 fully saturated rings. The van der Waals surface area contributed by atoms with Crippen molar-refractivity contribution < 1.29 is 19.5 Å². The van der Waals surface area contributed by atoms with Gasteiger partial charge in [-0.05, 0) is 77.4 Å². The Labute approximate surface area is 250 Å². The van der Waals surface area contributed by atoms with Crippen LogP contribution in [0.1, 0.15) is 61.6 Å². The van der Waals surface area contributed by atoms with E-state index in [0.717, 1.165) is 17.5 Å². The molecule has 1 aromatic carbocycles. The molecule has 6 rings (SSSR count). The van der Waals surface area contributed by atoms with Crippen molar-refractivity contribution in [3.8, 4) is 11.1 Å². The lowest BCUT2D eigenvalue weighted by atomic mass is 10.0. The number of hydrogen-bond acceptors (Lipinski definition) is 8. The zero-order chi connectivity index (χ0) is 29.9. The van der Waals surface area contributed by atoms with Crippen molar-refractivity contribution in [3.05, 3.63) is 64.4 Å². The third kappa shape index (κ3) is 4.98. The second-order valence-electron chi connectivity index (χ2n) is 11.5. The zero-order valence-corrected chi connectivity index (χ0v) is 25.2. The van der Waals surface area contributed by atoms with E-state index in [4.69, 9.17) is 0 Å². The summed E-state index contributed by atoms with van der Waals surface area (Å²) in [5, 5.41) is 17.8. The number of pyridine rings is 1. The smallest absolute Gasteiger partial charge is 0.248 e. The van der Waals surface area contributed by atoms with Crippen LogP contribution in [0.5, 0.6) is 0 Å². The fourth-order valence-corrected chi connectivity index (χ4v) is 6.15. The maximum atomic E-state index is 13.8. The first-order valence-corrected chi connectivity index (χ1v) is 14.5. The van der Waals surface area contributed by atoms with Gasteiger partial charge in [-0.15, -0.1) is 0 Å². The number of aryl methyl sites for hydroxylation is 1. The molecule has 4 aromatic rings. The number of piperidine rings is 1. The molecule has 3 aromatic heterocycles. The molecule has 4 heterocycles. The summed E-state index contributed by atoms with van der Waals surface area (Å²) in [6.45, 7) is 6.89. The van der Waals surface area contributed by atoms with E-state index < -0.39 is 12.1 Å². The summed E-state index contributed by atoms with van der Waals surface area (Å²) in [5.41, 5.74) is 3.09. The van der Waals surface area contributed by atoms with Crippen molar-refractivity contribution in [1.29, 1.82) is 0 Å². The molecule has 11 nitrogen and oxygen atoms in total. The Hall–Kier alpha value is -4.03. The number of halogens is 1. The molecule has 4 atom stereocenters. The SMILES string of the molecule is CC(=O)c1nn(CC(=O)N2[C@H](C(=O)Nc3nc(Br)ccc3C)C[C@@]3(C)C[C@@H]23)c2ccc(-c3cnc(C(C)O)nc3)cc12.